The van der Waals surface area contributed by atoms with E-state index in [-0.39, 0.29) is 18.1 Å². The molecule has 26 heavy (non-hydrogen) atoms. The van der Waals surface area contributed by atoms with E-state index in [0.717, 1.165) is 51.9 Å². The van der Waals surface area contributed by atoms with Crippen LogP contribution in [0.1, 0.15) is 58.3 Å². The smallest absolute Gasteiger partial charge is 0.409 e. The summed E-state index contributed by atoms with van der Waals surface area (Å²) in [6, 6.07) is 0.246. The molecule has 1 aliphatic carbocycles. The Morgan fingerprint density at radius 3 is 2.42 bits per heavy atom. The fourth-order valence-electron chi connectivity index (χ4n) is 4.58. The fourth-order valence-corrected chi connectivity index (χ4v) is 4.58. The average Bonchev–Trinajstić information content (AvgIpc) is 3.20. The number of likely N-dealkylation sites (tertiary alicyclic amines) is 1. The zero-order chi connectivity index (χ0) is 18.4. The van der Waals surface area contributed by atoms with Crippen molar-refractivity contribution in [3.8, 4) is 0 Å². The van der Waals surface area contributed by atoms with Gasteiger partial charge in [-0.15, -0.1) is 0 Å². The van der Waals surface area contributed by atoms with Crippen LogP contribution in [0.5, 0.6) is 0 Å². The third-order valence-corrected chi connectivity index (χ3v) is 6.15. The van der Waals surface area contributed by atoms with Crippen molar-refractivity contribution in [3.05, 3.63) is 0 Å². The monoisotopic (exact) mass is 366 g/mol. The van der Waals surface area contributed by atoms with Crippen molar-refractivity contribution < 1.29 is 19.1 Å². The molecule has 3 aliphatic rings. The van der Waals surface area contributed by atoms with E-state index in [1.807, 2.05) is 6.92 Å². The number of carbonyl (C=O) groups is 2. The lowest BCUT2D eigenvalue weighted by atomic mass is 9.87. The first kappa shape index (κ1) is 19.5. The van der Waals surface area contributed by atoms with Crippen LogP contribution in [0.25, 0.3) is 0 Å². The minimum Gasteiger partial charge on any atom is -0.450 e. The van der Waals surface area contributed by atoms with Gasteiger partial charge in [0.05, 0.1) is 13.2 Å². The highest BCUT2D eigenvalue weighted by Crippen LogP contribution is 2.29. The van der Waals surface area contributed by atoms with Gasteiger partial charge >= 0.3 is 6.09 Å². The van der Waals surface area contributed by atoms with Gasteiger partial charge in [0.15, 0.2) is 0 Å². The molecule has 0 N–H and O–H groups in total. The van der Waals surface area contributed by atoms with Crippen molar-refractivity contribution >= 4 is 12.0 Å². The molecule has 1 saturated carbocycles. The van der Waals surface area contributed by atoms with Gasteiger partial charge in [-0.1, -0.05) is 19.3 Å². The fraction of sp³-hybridized carbons (Fsp3) is 0.900. The zero-order valence-corrected chi connectivity index (χ0v) is 16.2. The van der Waals surface area contributed by atoms with Gasteiger partial charge in [0.25, 0.3) is 0 Å². The van der Waals surface area contributed by atoms with Gasteiger partial charge in [0.2, 0.25) is 5.91 Å². The maximum absolute atomic E-state index is 13.3. The van der Waals surface area contributed by atoms with Crippen molar-refractivity contribution in [3.63, 3.8) is 0 Å². The molecule has 2 aliphatic heterocycles. The van der Waals surface area contributed by atoms with E-state index in [0.29, 0.717) is 31.5 Å². The second kappa shape index (κ2) is 9.58. The normalized spacial score (nSPS) is 25.3. The minimum absolute atomic E-state index is 0.203. The average molecular weight is 367 g/mol. The molecule has 2 amide bonds. The van der Waals surface area contributed by atoms with Gasteiger partial charge in [-0.25, -0.2) is 4.79 Å². The van der Waals surface area contributed by atoms with E-state index in [1.54, 1.807) is 4.90 Å². The van der Waals surface area contributed by atoms with Crippen LogP contribution in [-0.4, -0.2) is 67.3 Å². The summed E-state index contributed by atoms with van der Waals surface area (Å²) in [5.74, 6) is 1.02. The number of hydrogen-bond acceptors (Lipinski definition) is 4. The van der Waals surface area contributed by atoms with Gasteiger partial charge in [-0.05, 0) is 39.0 Å². The molecular formula is C20H34N2O4. The summed E-state index contributed by atoms with van der Waals surface area (Å²) in [4.78, 5) is 29.2. The molecule has 0 aromatic rings. The Morgan fingerprint density at radius 2 is 1.81 bits per heavy atom. The number of rotatable bonds is 5. The largest absolute Gasteiger partial charge is 0.450 e. The van der Waals surface area contributed by atoms with Crippen molar-refractivity contribution in [2.45, 2.75) is 64.3 Å². The summed E-state index contributed by atoms with van der Waals surface area (Å²) in [6.07, 6.45) is 8.23. The minimum atomic E-state index is -0.222. The topological polar surface area (TPSA) is 59.1 Å². The van der Waals surface area contributed by atoms with Crippen molar-refractivity contribution in [2.24, 2.45) is 11.8 Å². The second-order valence-electron chi connectivity index (χ2n) is 7.97. The molecule has 0 radical (unpaired) electrons. The van der Waals surface area contributed by atoms with Gasteiger partial charge in [0.1, 0.15) is 0 Å². The lowest BCUT2D eigenvalue weighted by Gasteiger charge is -2.41. The van der Waals surface area contributed by atoms with E-state index < -0.39 is 0 Å². The first-order valence-electron chi connectivity index (χ1n) is 10.5. The Kier molecular flexibility index (Phi) is 7.17. The maximum atomic E-state index is 13.3. The van der Waals surface area contributed by atoms with Crippen LogP contribution in [0, 0.1) is 11.8 Å². The Labute approximate surface area is 157 Å². The number of amides is 2. The van der Waals surface area contributed by atoms with E-state index in [1.165, 1.54) is 19.3 Å². The van der Waals surface area contributed by atoms with Gasteiger partial charge < -0.3 is 19.3 Å². The molecule has 2 saturated heterocycles. The lowest BCUT2D eigenvalue weighted by Crippen LogP contribution is -2.52. The first-order chi connectivity index (χ1) is 12.7. The quantitative estimate of drug-likeness (QED) is 0.750. The van der Waals surface area contributed by atoms with Crippen LogP contribution in [0.4, 0.5) is 4.79 Å². The number of nitrogens with zero attached hydrogens (tertiary/aromatic N) is 2. The summed E-state index contributed by atoms with van der Waals surface area (Å²) in [5, 5.41) is 0. The van der Waals surface area contributed by atoms with Gasteiger partial charge in [-0.3, -0.25) is 4.79 Å². The lowest BCUT2D eigenvalue weighted by molar-refractivity contribution is -0.140. The van der Waals surface area contributed by atoms with Crippen LogP contribution in [0.15, 0.2) is 0 Å². The molecule has 1 atom stereocenters. The summed E-state index contributed by atoms with van der Waals surface area (Å²) in [6.45, 7) is 6.01. The Hall–Kier alpha value is -1.30. The highest BCUT2D eigenvalue weighted by Gasteiger charge is 2.35. The number of hydrogen-bond donors (Lipinski definition) is 0. The molecule has 6 heteroatoms. The van der Waals surface area contributed by atoms with Crippen LogP contribution in [-0.2, 0) is 14.3 Å². The predicted octanol–water partition coefficient (Wildman–Crippen LogP) is 3.05. The van der Waals surface area contributed by atoms with Gasteiger partial charge in [0, 0.05) is 44.1 Å². The van der Waals surface area contributed by atoms with E-state index in [4.69, 9.17) is 9.47 Å². The third kappa shape index (κ3) is 4.90. The molecule has 6 nitrogen and oxygen atoms in total. The van der Waals surface area contributed by atoms with E-state index in [2.05, 4.69) is 4.90 Å². The molecule has 0 aromatic heterocycles. The SMILES string of the molecule is CCOC(=O)N1CCC(N(CC2CCOC2)C(=O)C2CCCCC2)CC1. The van der Waals surface area contributed by atoms with Crippen LogP contribution < -0.4 is 0 Å². The highest BCUT2D eigenvalue weighted by molar-refractivity contribution is 5.79. The zero-order valence-electron chi connectivity index (χ0n) is 16.2. The van der Waals surface area contributed by atoms with E-state index >= 15 is 0 Å². The molecule has 2 heterocycles. The van der Waals surface area contributed by atoms with Crippen LogP contribution in [0.2, 0.25) is 0 Å². The Bertz CT molecular complexity index is 464. The molecule has 0 bridgehead atoms. The Balaban J connectivity index is 1.61. The molecule has 0 aromatic carbocycles. The van der Waals surface area contributed by atoms with Crippen molar-refractivity contribution in [1.29, 1.82) is 0 Å². The molecule has 1 unspecified atom stereocenters. The van der Waals surface area contributed by atoms with Crippen molar-refractivity contribution in [1.82, 2.24) is 9.80 Å². The first-order valence-corrected chi connectivity index (χ1v) is 10.5. The third-order valence-electron chi connectivity index (χ3n) is 6.15. The van der Waals surface area contributed by atoms with E-state index in [9.17, 15) is 9.59 Å². The summed E-state index contributed by atoms with van der Waals surface area (Å²) in [7, 11) is 0. The second-order valence-corrected chi connectivity index (χ2v) is 7.97. The molecule has 0 spiro atoms. The van der Waals surface area contributed by atoms with Gasteiger partial charge in [-0.2, -0.15) is 0 Å². The summed E-state index contributed by atoms with van der Waals surface area (Å²) >= 11 is 0. The number of carbonyl (C=O) groups excluding carboxylic acids is 2. The predicted molar refractivity (Wildman–Crippen MR) is 98.8 cm³/mol. The molecular weight excluding hydrogens is 332 g/mol. The number of ether oxygens (including phenoxy) is 2. The molecule has 148 valence electrons. The highest BCUT2D eigenvalue weighted by atomic mass is 16.6. The maximum Gasteiger partial charge on any atom is 0.409 e. The van der Waals surface area contributed by atoms with Crippen molar-refractivity contribution in [2.75, 3.05) is 39.5 Å². The Morgan fingerprint density at radius 1 is 1.08 bits per heavy atom. The summed E-state index contributed by atoms with van der Waals surface area (Å²) < 4.78 is 10.7. The standard InChI is InChI=1S/C20H34N2O4/c1-2-26-20(24)21-11-8-18(9-12-21)22(14-16-10-13-25-15-16)19(23)17-6-4-3-5-7-17/h16-18H,2-15H2,1H3. The van der Waals surface area contributed by atoms with Crippen LogP contribution >= 0.6 is 0 Å². The molecule has 3 fully saturated rings. The van der Waals surface area contributed by atoms with Crippen LogP contribution in [0.3, 0.4) is 0 Å². The number of piperidine rings is 1. The summed E-state index contributed by atoms with van der Waals surface area (Å²) in [5.41, 5.74) is 0. The molecule has 3 rings (SSSR count).